The number of carbonyl (C=O) groups is 1. The summed E-state index contributed by atoms with van der Waals surface area (Å²) in [7, 11) is 0. The number of hydrogen-bond donors (Lipinski definition) is 0. The molecule has 4 aliphatic rings. The first-order valence-electron chi connectivity index (χ1n) is 10.8. The molecule has 5 atom stereocenters. The van der Waals surface area contributed by atoms with Crippen LogP contribution in [0.3, 0.4) is 0 Å². The fraction of sp³-hybridized carbons (Fsp3) is 0.458. The lowest BCUT2D eigenvalue weighted by molar-refractivity contribution is -0.385. The van der Waals surface area contributed by atoms with Gasteiger partial charge in [0.25, 0.3) is 5.69 Å². The predicted molar refractivity (Wildman–Crippen MR) is 121 cm³/mol. The van der Waals surface area contributed by atoms with Crippen molar-refractivity contribution in [1.82, 2.24) is 4.90 Å². The molecular formula is C24H26N2O5S. The van der Waals surface area contributed by atoms with Gasteiger partial charge in [-0.3, -0.25) is 19.8 Å². The third kappa shape index (κ3) is 3.08. The van der Waals surface area contributed by atoms with Gasteiger partial charge in [0.2, 0.25) is 5.91 Å². The van der Waals surface area contributed by atoms with Crippen molar-refractivity contribution in [2.45, 2.75) is 55.9 Å². The number of thioether (sulfide) groups is 1. The molecule has 7 nitrogen and oxygen atoms in total. The highest BCUT2D eigenvalue weighted by molar-refractivity contribution is 8.00. The number of nitro groups is 1. The van der Waals surface area contributed by atoms with Gasteiger partial charge in [-0.1, -0.05) is 68.1 Å². The second kappa shape index (κ2) is 7.30. The lowest BCUT2D eigenvalue weighted by atomic mass is 9.83. The van der Waals surface area contributed by atoms with Crippen LogP contribution in [0.4, 0.5) is 5.69 Å². The summed E-state index contributed by atoms with van der Waals surface area (Å²) in [4.78, 5) is 26.8. The highest BCUT2D eigenvalue weighted by atomic mass is 32.2. The van der Waals surface area contributed by atoms with Gasteiger partial charge in [0, 0.05) is 12.1 Å². The number of carbonyl (C=O) groups excluding carboxylic acids is 1. The van der Waals surface area contributed by atoms with Gasteiger partial charge in [-0.25, -0.2) is 0 Å². The number of fused-ring (bicyclic) bond motifs is 2. The van der Waals surface area contributed by atoms with Crippen LogP contribution >= 0.6 is 11.8 Å². The number of hydrogen-bond acceptors (Lipinski definition) is 6. The molecule has 168 valence electrons. The van der Waals surface area contributed by atoms with Crippen molar-refractivity contribution in [3.05, 3.63) is 75.8 Å². The van der Waals surface area contributed by atoms with Crippen LogP contribution in [-0.4, -0.2) is 32.6 Å². The molecule has 1 spiro atoms. The Hall–Kier alpha value is -2.42. The summed E-state index contributed by atoms with van der Waals surface area (Å²) in [5.41, 5.74) is 1.01. The molecule has 4 saturated heterocycles. The van der Waals surface area contributed by atoms with Gasteiger partial charge in [-0.05, 0) is 30.9 Å². The van der Waals surface area contributed by atoms with Gasteiger partial charge in [0.15, 0.2) is 0 Å². The largest absolute Gasteiger partial charge is 0.316 e. The Labute approximate surface area is 191 Å². The molecule has 0 unspecified atom stereocenters. The quantitative estimate of drug-likeness (QED) is 0.475. The number of nitro benzene ring substituents is 1. The van der Waals surface area contributed by atoms with Crippen LogP contribution in [0.2, 0.25) is 0 Å². The van der Waals surface area contributed by atoms with E-state index < -0.39 is 27.8 Å². The van der Waals surface area contributed by atoms with E-state index in [4.69, 9.17) is 9.47 Å². The van der Waals surface area contributed by atoms with Crippen molar-refractivity contribution in [2.75, 3.05) is 0 Å². The van der Waals surface area contributed by atoms with Crippen LogP contribution < -0.4 is 0 Å². The van der Waals surface area contributed by atoms with E-state index in [9.17, 15) is 14.9 Å². The maximum Gasteiger partial charge on any atom is 0.309 e. The smallest absolute Gasteiger partial charge is 0.309 e. The van der Waals surface area contributed by atoms with Crippen molar-refractivity contribution in [3.8, 4) is 0 Å². The summed E-state index contributed by atoms with van der Waals surface area (Å²) in [6.07, 6.45) is -0.646. The fourth-order valence-corrected chi connectivity index (χ4v) is 7.30. The van der Waals surface area contributed by atoms with E-state index in [1.54, 1.807) is 17.0 Å². The van der Waals surface area contributed by atoms with E-state index in [-0.39, 0.29) is 28.8 Å². The number of non-ortho nitro benzene ring substituents is 1. The Morgan fingerprint density at radius 2 is 1.78 bits per heavy atom. The SMILES string of the molecule is CC(C)[C@@H]1N2C(=O)[C@@H]3[C@@H](c4cccc([N+](=O)[O-])c4)O[C@]2(OC1(C)C)S[C@H]3c1ccccc1. The molecule has 4 heterocycles. The van der Waals surface area contributed by atoms with Crippen molar-refractivity contribution in [3.63, 3.8) is 0 Å². The van der Waals surface area contributed by atoms with Crippen LogP contribution in [0, 0.1) is 22.0 Å². The molecule has 2 bridgehead atoms. The molecule has 6 rings (SSSR count). The average molecular weight is 455 g/mol. The maximum absolute atomic E-state index is 14.1. The standard InChI is InChI=1S/C24H26N2O5S/c1-14(2)21-23(3,4)31-24-25(21)22(27)18(20(32-24)15-9-6-5-7-10-15)19(30-24)16-11-8-12-17(13-16)26(28)29/h5-14,18-21H,1-4H3/t18-,19-,20+,21+,24-/m1/s1. The minimum absolute atomic E-state index is 0.0222. The van der Waals surface area contributed by atoms with E-state index >= 15 is 0 Å². The minimum Gasteiger partial charge on any atom is -0.316 e. The van der Waals surface area contributed by atoms with Gasteiger partial charge in [0.1, 0.15) is 6.10 Å². The Morgan fingerprint density at radius 1 is 1.09 bits per heavy atom. The molecule has 32 heavy (non-hydrogen) atoms. The molecule has 0 saturated carbocycles. The van der Waals surface area contributed by atoms with E-state index in [1.165, 1.54) is 23.9 Å². The van der Waals surface area contributed by atoms with Crippen molar-refractivity contribution < 1.29 is 19.2 Å². The van der Waals surface area contributed by atoms with E-state index in [2.05, 4.69) is 13.8 Å². The zero-order chi connectivity index (χ0) is 22.8. The first kappa shape index (κ1) is 21.4. The zero-order valence-corrected chi connectivity index (χ0v) is 19.2. The zero-order valence-electron chi connectivity index (χ0n) is 18.4. The maximum atomic E-state index is 14.1. The fourth-order valence-electron chi connectivity index (χ4n) is 5.54. The summed E-state index contributed by atoms with van der Waals surface area (Å²) in [5, 5.41) is 9.92. The molecule has 2 aromatic rings. The summed E-state index contributed by atoms with van der Waals surface area (Å²) in [6.45, 7) is 8.16. The van der Waals surface area contributed by atoms with Crippen LogP contribution in [0.5, 0.6) is 0 Å². The molecular weight excluding hydrogens is 428 g/mol. The molecule has 1 amide bonds. The Morgan fingerprint density at radius 3 is 2.44 bits per heavy atom. The molecule has 2 aromatic carbocycles. The topological polar surface area (TPSA) is 81.9 Å². The lowest BCUT2D eigenvalue weighted by Gasteiger charge is -2.55. The Bertz CT molecular complexity index is 1080. The molecule has 0 aliphatic carbocycles. The first-order valence-corrected chi connectivity index (χ1v) is 11.7. The summed E-state index contributed by atoms with van der Waals surface area (Å²) < 4.78 is 13.1. The van der Waals surface area contributed by atoms with E-state index in [0.717, 1.165) is 5.56 Å². The summed E-state index contributed by atoms with van der Waals surface area (Å²) >= 11 is 1.52. The minimum atomic E-state index is -1.28. The predicted octanol–water partition coefficient (Wildman–Crippen LogP) is 5.04. The molecule has 0 N–H and O–H groups in total. The van der Waals surface area contributed by atoms with Crippen molar-refractivity contribution in [2.24, 2.45) is 11.8 Å². The Balaban J connectivity index is 1.66. The van der Waals surface area contributed by atoms with E-state index in [1.807, 2.05) is 44.2 Å². The molecule has 4 aliphatic heterocycles. The first-order chi connectivity index (χ1) is 15.1. The van der Waals surface area contributed by atoms with Crippen molar-refractivity contribution in [1.29, 1.82) is 0 Å². The lowest BCUT2D eigenvalue weighted by Crippen LogP contribution is -2.65. The second-order valence-electron chi connectivity index (χ2n) is 9.49. The van der Waals surface area contributed by atoms with E-state index in [0.29, 0.717) is 5.56 Å². The second-order valence-corrected chi connectivity index (χ2v) is 10.8. The molecule has 4 fully saturated rings. The molecule has 8 heteroatoms. The van der Waals surface area contributed by atoms with Gasteiger partial charge < -0.3 is 9.47 Å². The third-order valence-electron chi connectivity index (χ3n) is 6.57. The monoisotopic (exact) mass is 454 g/mol. The molecule has 0 radical (unpaired) electrons. The highest BCUT2D eigenvalue weighted by Gasteiger charge is 2.71. The Kier molecular flexibility index (Phi) is 4.89. The normalized spacial score (nSPS) is 32.9. The van der Waals surface area contributed by atoms with Crippen LogP contribution in [0.15, 0.2) is 54.6 Å². The molecule has 0 aromatic heterocycles. The highest BCUT2D eigenvalue weighted by Crippen LogP contribution is 2.66. The van der Waals surface area contributed by atoms with Crippen LogP contribution in [-0.2, 0) is 14.3 Å². The van der Waals surface area contributed by atoms with Gasteiger partial charge in [0.05, 0.1) is 27.7 Å². The number of nitrogens with zero attached hydrogens (tertiary/aromatic N) is 2. The van der Waals surface area contributed by atoms with Gasteiger partial charge in [-0.2, -0.15) is 0 Å². The number of ether oxygens (including phenoxy) is 2. The van der Waals surface area contributed by atoms with Gasteiger partial charge >= 0.3 is 5.24 Å². The van der Waals surface area contributed by atoms with Gasteiger partial charge in [-0.15, -0.1) is 0 Å². The summed E-state index contributed by atoms with van der Waals surface area (Å²) in [6, 6.07) is 16.1. The van der Waals surface area contributed by atoms with Crippen molar-refractivity contribution >= 4 is 23.4 Å². The van der Waals surface area contributed by atoms with Crippen LogP contribution in [0.1, 0.15) is 50.2 Å². The third-order valence-corrected chi connectivity index (χ3v) is 8.07. The van der Waals surface area contributed by atoms with Crippen LogP contribution in [0.25, 0.3) is 0 Å². The number of rotatable bonds is 4. The average Bonchev–Trinajstić information content (AvgIpc) is 3.00. The summed E-state index contributed by atoms with van der Waals surface area (Å²) in [5.74, 6) is -0.377. The number of benzene rings is 2. The number of amides is 1.